The van der Waals surface area contributed by atoms with Crippen LogP contribution < -0.4 is 15.6 Å². The van der Waals surface area contributed by atoms with E-state index in [4.69, 9.17) is 4.74 Å². The van der Waals surface area contributed by atoms with E-state index in [1.165, 1.54) is 0 Å². The molecule has 0 aliphatic heterocycles. The Hall–Kier alpha value is -2.89. The van der Waals surface area contributed by atoms with Crippen molar-refractivity contribution >= 4 is 11.8 Å². The summed E-state index contributed by atoms with van der Waals surface area (Å²) in [6.07, 6.45) is 3.53. The van der Waals surface area contributed by atoms with Crippen LogP contribution >= 0.6 is 0 Å². The molecule has 1 fully saturated rings. The SMILES string of the molecule is Cc1cccc(O[C@H](C)C(=O)NNC(=O)[C@H]2C[C@@H]2c2cccnc2)c1C. The van der Waals surface area contributed by atoms with Crippen LogP contribution in [0.1, 0.15) is 36.0 Å². The van der Waals surface area contributed by atoms with Crippen molar-refractivity contribution in [3.05, 3.63) is 59.4 Å². The third-order valence-corrected chi connectivity index (χ3v) is 4.78. The van der Waals surface area contributed by atoms with Crippen LogP contribution in [0.25, 0.3) is 0 Å². The van der Waals surface area contributed by atoms with E-state index in [9.17, 15) is 9.59 Å². The van der Waals surface area contributed by atoms with Crippen LogP contribution in [0, 0.1) is 19.8 Å². The van der Waals surface area contributed by atoms with Crippen molar-refractivity contribution in [3.63, 3.8) is 0 Å². The maximum Gasteiger partial charge on any atom is 0.279 e. The molecular formula is C20H23N3O3. The van der Waals surface area contributed by atoms with Crippen molar-refractivity contribution in [2.75, 3.05) is 0 Å². The van der Waals surface area contributed by atoms with Gasteiger partial charge < -0.3 is 4.74 Å². The van der Waals surface area contributed by atoms with E-state index >= 15 is 0 Å². The van der Waals surface area contributed by atoms with E-state index in [-0.39, 0.29) is 17.7 Å². The second-order valence-electron chi connectivity index (χ2n) is 6.67. The number of nitrogens with one attached hydrogen (secondary N) is 2. The molecule has 6 nitrogen and oxygen atoms in total. The van der Waals surface area contributed by atoms with Gasteiger partial charge in [-0.25, -0.2) is 0 Å². The number of carbonyl (C=O) groups is 2. The molecule has 2 N–H and O–H groups in total. The molecule has 1 aromatic carbocycles. The minimum atomic E-state index is -0.718. The summed E-state index contributed by atoms with van der Waals surface area (Å²) >= 11 is 0. The highest BCUT2D eigenvalue weighted by Crippen LogP contribution is 2.47. The second kappa shape index (κ2) is 7.56. The maximum absolute atomic E-state index is 12.2. The number of aryl methyl sites for hydroxylation is 1. The lowest BCUT2D eigenvalue weighted by Gasteiger charge is -2.17. The van der Waals surface area contributed by atoms with Crippen LogP contribution in [0.4, 0.5) is 0 Å². The van der Waals surface area contributed by atoms with Crippen molar-refractivity contribution in [2.45, 2.75) is 39.2 Å². The van der Waals surface area contributed by atoms with E-state index in [1.807, 2.05) is 44.2 Å². The minimum Gasteiger partial charge on any atom is -0.481 e. The van der Waals surface area contributed by atoms with Crippen molar-refractivity contribution in [3.8, 4) is 5.75 Å². The largest absolute Gasteiger partial charge is 0.481 e. The Morgan fingerprint density at radius 2 is 2.00 bits per heavy atom. The molecule has 136 valence electrons. The number of nitrogens with zero attached hydrogens (tertiary/aromatic N) is 1. The van der Waals surface area contributed by atoms with Crippen LogP contribution in [0.2, 0.25) is 0 Å². The van der Waals surface area contributed by atoms with E-state index < -0.39 is 12.0 Å². The van der Waals surface area contributed by atoms with Crippen molar-refractivity contribution in [1.29, 1.82) is 0 Å². The number of hydrogen-bond donors (Lipinski definition) is 2. The Kier molecular flexibility index (Phi) is 5.21. The van der Waals surface area contributed by atoms with E-state index in [0.29, 0.717) is 5.75 Å². The third kappa shape index (κ3) is 4.02. The quantitative estimate of drug-likeness (QED) is 0.809. The Morgan fingerprint density at radius 3 is 2.73 bits per heavy atom. The first kappa shape index (κ1) is 17.9. The summed E-state index contributed by atoms with van der Waals surface area (Å²) in [6, 6.07) is 9.52. The highest BCUT2D eigenvalue weighted by Gasteiger charge is 2.44. The molecule has 0 radical (unpaired) electrons. The highest BCUT2D eigenvalue weighted by atomic mass is 16.5. The lowest BCUT2D eigenvalue weighted by Crippen LogP contribution is -2.47. The standard InChI is InChI=1S/C20H23N3O3/c1-12-6-4-8-18(13(12)2)26-14(3)19(24)22-23-20(25)17-10-16(17)15-7-5-9-21-11-15/h4-9,11,14,16-17H,10H2,1-3H3,(H,22,24)(H,23,25)/t14-,16-,17+/m1/s1. The molecule has 26 heavy (non-hydrogen) atoms. The van der Waals surface area contributed by atoms with Crippen LogP contribution in [0.15, 0.2) is 42.7 Å². The number of pyridine rings is 1. The van der Waals surface area contributed by atoms with Gasteiger partial charge >= 0.3 is 0 Å². The molecule has 0 saturated heterocycles. The van der Waals surface area contributed by atoms with Gasteiger partial charge in [-0.2, -0.15) is 0 Å². The summed E-state index contributed by atoms with van der Waals surface area (Å²) in [6.45, 7) is 5.59. The normalized spacial score (nSPS) is 19.3. The smallest absolute Gasteiger partial charge is 0.279 e. The summed E-state index contributed by atoms with van der Waals surface area (Å²) in [5.41, 5.74) is 8.09. The Bertz CT molecular complexity index is 807. The van der Waals surface area contributed by atoms with Gasteiger partial charge in [0.25, 0.3) is 5.91 Å². The Labute approximate surface area is 152 Å². The average molecular weight is 353 g/mol. The first-order valence-corrected chi connectivity index (χ1v) is 8.70. The monoisotopic (exact) mass is 353 g/mol. The van der Waals surface area contributed by atoms with Gasteiger partial charge in [0.2, 0.25) is 5.91 Å². The predicted octanol–water partition coefficient (Wildman–Crippen LogP) is 2.42. The summed E-state index contributed by atoms with van der Waals surface area (Å²) < 4.78 is 5.71. The average Bonchev–Trinajstić information content (AvgIpc) is 3.45. The third-order valence-electron chi connectivity index (χ3n) is 4.78. The van der Waals surface area contributed by atoms with E-state index in [1.54, 1.807) is 19.3 Å². The zero-order valence-electron chi connectivity index (χ0n) is 15.2. The minimum absolute atomic E-state index is 0.130. The number of rotatable bonds is 5. The summed E-state index contributed by atoms with van der Waals surface area (Å²) in [4.78, 5) is 28.4. The number of aromatic nitrogens is 1. The van der Waals surface area contributed by atoms with Crippen molar-refractivity contribution < 1.29 is 14.3 Å². The van der Waals surface area contributed by atoms with Gasteiger partial charge in [0.1, 0.15) is 5.75 Å². The molecule has 0 unspecified atom stereocenters. The highest BCUT2D eigenvalue weighted by molar-refractivity contribution is 5.87. The first-order valence-electron chi connectivity index (χ1n) is 8.70. The van der Waals surface area contributed by atoms with Crippen LogP contribution in [0.3, 0.4) is 0 Å². The molecule has 1 aliphatic rings. The number of carbonyl (C=O) groups excluding carboxylic acids is 2. The molecule has 1 heterocycles. The molecule has 2 aromatic rings. The Morgan fingerprint density at radius 1 is 1.19 bits per heavy atom. The van der Waals surface area contributed by atoms with Gasteiger partial charge in [0.15, 0.2) is 6.10 Å². The molecule has 1 aromatic heterocycles. The van der Waals surface area contributed by atoms with Crippen molar-refractivity contribution in [2.24, 2.45) is 5.92 Å². The number of hydrogen-bond acceptors (Lipinski definition) is 4. The van der Waals surface area contributed by atoms with Crippen LogP contribution in [0.5, 0.6) is 5.75 Å². The first-order chi connectivity index (χ1) is 12.5. The van der Waals surface area contributed by atoms with Gasteiger partial charge in [-0.15, -0.1) is 0 Å². The van der Waals surface area contributed by atoms with Gasteiger partial charge in [-0.1, -0.05) is 18.2 Å². The summed E-state index contributed by atoms with van der Waals surface area (Å²) in [7, 11) is 0. The Balaban J connectivity index is 1.48. The predicted molar refractivity (Wildman–Crippen MR) is 97.4 cm³/mol. The molecular weight excluding hydrogens is 330 g/mol. The van der Waals surface area contributed by atoms with Gasteiger partial charge in [0, 0.05) is 18.3 Å². The second-order valence-corrected chi connectivity index (χ2v) is 6.67. The maximum atomic E-state index is 12.2. The number of benzene rings is 1. The topological polar surface area (TPSA) is 80.3 Å². The van der Waals surface area contributed by atoms with E-state index in [0.717, 1.165) is 23.1 Å². The number of ether oxygens (including phenoxy) is 1. The fourth-order valence-electron chi connectivity index (χ4n) is 2.86. The van der Waals surface area contributed by atoms with Gasteiger partial charge in [-0.3, -0.25) is 25.4 Å². The molecule has 1 saturated carbocycles. The molecule has 0 spiro atoms. The van der Waals surface area contributed by atoms with Crippen LogP contribution in [-0.2, 0) is 9.59 Å². The van der Waals surface area contributed by atoms with Gasteiger partial charge in [0.05, 0.1) is 0 Å². The molecule has 0 bridgehead atoms. The molecule has 3 rings (SSSR count). The molecule has 1 aliphatic carbocycles. The van der Waals surface area contributed by atoms with Gasteiger partial charge in [-0.05, 0) is 61.9 Å². The lowest BCUT2D eigenvalue weighted by molar-refractivity contribution is -0.133. The van der Waals surface area contributed by atoms with Crippen LogP contribution in [-0.4, -0.2) is 22.9 Å². The number of hydrazine groups is 1. The van der Waals surface area contributed by atoms with E-state index in [2.05, 4.69) is 15.8 Å². The zero-order valence-corrected chi connectivity index (χ0v) is 15.2. The summed E-state index contributed by atoms with van der Waals surface area (Å²) in [5.74, 6) is 0.126. The lowest BCUT2D eigenvalue weighted by atomic mass is 10.1. The number of amides is 2. The molecule has 3 atom stereocenters. The fourth-order valence-corrected chi connectivity index (χ4v) is 2.86. The fraction of sp³-hybridized carbons (Fsp3) is 0.350. The summed E-state index contributed by atoms with van der Waals surface area (Å²) in [5, 5.41) is 0. The zero-order chi connectivity index (χ0) is 18.7. The van der Waals surface area contributed by atoms with Crippen molar-refractivity contribution in [1.82, 2.24) is 15.8 Å². The molecule has 6 heteroatoms. The molecule has 2 amide bonds.